The quantitative estimate of drug-likeness (QED) is 0.553. The van der Waals surface area contributed by atoms with Crippen molar-refractivity contribution >= 4 is 17.2 Å². The molecule has 0 atom stereocenters. The topological polar surface area (TPSA) is 29.1 Å². The van der Waals surface area contributed by atoms with E-state index in [4.69, 9.17) is 6.42 Å². The highest BCUT2D eigenvalue weighted by Gasteiger charge is 2.02. The summed E-state index contributed by atoms with van der Waals surface area (Å²) in [4.78, 5) is 11.2. The first-order valence-electron chi connectivity index (χ1n) is 3.58. The molecule has 0 aliphatic rings. The van der Waals surface area contributed by atoms with Crippen molar-refractivity contribution in [2.24, 2.45) is 0 Å². The zero-order valence-electron chi connectivity index (χ0n) is 6.54. The molecule has 0 fully saturated rings. The van der Waals surface area contributed by atoms with Crippen molar-refractivity contribution in [2.75, 3.05) is 6.54 Å². The molecule has 1 rings (SSSR count). The van der Waals surface area contributed by atoms with Crippen molar-refractivity contribution in [1.29, 1.82) is 0 Å². The number of thiophene rings is 1. The Morgan fingerprint density at radius 2 is 2.58 bits per heavy atom. The molecule has 0 unspecified atom stereocenters. The van der Waals surface area contributed by atoms with Crippen LogP contribution in [0.1, 0.15) is 16.8 Å². The van der Waals surface area contributed by atoms with Crippen LogP contribution in [0.4, 0.5) is 0 Å². The van der Waals surface area contributed by atoms with Gasteiger partial charge in [0, 0.05) is 23.9 Å². The van der Waals surface area contributed by atoms with E-state index < -0.39 is 0 Å². The highest BCUT2D eigenvalue weighted by Crippen LogP contribution is 2.04. The summed E-state index contributed by atoms with van der Waals surface area (Å²) in [6.07, 6.45) is 5.61. The lowest BCUT2D eigenvalue weighted by molar-refractivity contribution is 0.0955. The van der Waals surface area contributed by atoms with Crippen LogP contribution in [-0.2, 0) is 0 Å². The molecule has 1 amide bonds. The van der Waals surface area contributed by atoms with Gasteiger partial charge in [-0.15, -0.1) is 12.3 Å². The van der Waals surface area contributed by atoms with Gasteiger partial charge in [-0.1, -0.05) is 0 Å². The van der Waals surface area contributed by atoms with Gasteiger partial charge >= 0.3 is 0 Å². The fourth-order valence-corrected chi connectivity index (χ4v) is 1.38. The van der Waals surface area contributed by atoms with E-state index in [9.17, 15) is 4.79 Å². The van der Waals surface area contributed by atoms with Crippen LogP contribution in [0.15, 0.2) is 16.8 Å². The lowest BCUT2D eigenvalue weighted by atomic mass is 10.3. The monoisotopic (exact) mass is 179 g/mol. The highest BCUT2D eigenvalue weighted by atomic mass is 32.1. The maximum atomic E-state index is 11.2. The van der Waals surface area contributed by atoms with Crippen LogP contribution < -0.4 is 5.32 Å². The van der Waals surface area contributed by atoms with Crippen LogP contribution in [0.5, 0.6) is 0 Å². The first-order valence-corrected chi connectivity index (χ1v) is 4.52. The van der Waals surface area contributed by atoms with Gasteiger partial charge in [0.25, 0.3) is 5.91 Å². The van der Waals surface area contributed by atoms with Gasteiger partial charge in [-0.3, -0.25) is 4.79 Å². The van der Waals surface area contributed by atoms with Crippen LogP contribution in [-0.4, -0.2) is 12.5 Å². The summed E-state index contributed by atoms with van der Waals surface area (Å²) >= 11 is 1.51. The average molecular weight is 179 g/mol. The van der Waals surface area contributed by atoms with Crippen molar-refractivity contribution in [3.05, 3.63) is 22.4 Å². The summed E-state index contributed by atoms with van der Waals surface area (Å²) < 4.78 is 0. The minimum atomic E-state index is -0.0495. The molecule has 0 spiro atoms. The summed E-state index contributed by atoms with van der Waals surface area (Å²) in [6, 6.07) is 1.79. The molecule has 1 heterocycles. The zero-order valence-corrected chi connectivity index (χ0v) is 7.36. The number of carbonyl (C=O) groups excluding carboxylic acids is 1. The standard InChI is InChI=1S/C9H9NOS/c1-2-3-5-10-9(11)8-4-6-12-7-8/h1,4,6-7H,3,5H2,(H,10,11). The minimum Gasteiger partial charge on any atom is -0.351 e. The SMILES string of the molecule is C#CCCNC(=O)c1ccsc1. The lowest BCUT2D eigenvalue weighted by Crippen LogP contribution is -2.23. The van der Waals surface area contributed by atoms with E-state index in [1.807, 2.05) is 10.8 Å². The predicted molar refractivity (Wildman–Crippen MR) is 50.1 cm³/mol. The van der Waals surface area contributed by atoms with Gasteiger partial charge in [0.05, 0.1) is 0 Å². The third-order valence-corrected chi connectivity index (χ3v) is 2.02. The first-order chi connectivity index (χ1) is 5.84. The number of terminal acetylenes is 1. The van der Waals surface area contributed by atoms with Gasteiger partial charge in [0.1, 0.15) is 0 Å². The van der Waals surface area contributed by atoms with E-state index >= 15 is 0 Å². The second-order valence-electron chi connectivity index (χ2n) is 2.22. The van der Waals surface area contributed by atoms with Crippen LogP contribution in [0.2, 0.25) is 0 Å². The molecule has 0 saturated carbocycles. The molecule has 12 heavy (non-hydrogen) atoms. The molecule has 0 saturated heterocycles. The van der Waals surface area contributed by atoms with E-state index in [1.54, 1.807) is 6.07 Å². The van der Waals surface area contributed by atoms with Crippen LogP contribution in [0, 0.1) is 12.3 Å². The molecule has 2 nitrogen and oxygen atoms in total. The smallest absolute Gasteiger partial charge is 0.252 e. The number of hydrogen-bond donors (Lipinski definition) is 1. The normalized spacial score (nSPS) is 8.92. The number of carbonyl (C=O) groups is 1. The van der Waals surface area contributed by atoms with Gasteiger partial charge in [0.15, 0.2) is 0 Å². The van der Waals surface area contributed by atoms with E-state index in [1.165, 1.54) is 11.3 Å². The summed E-state index contributed by atoms with van der Waals surface area (Å²) in [5.41, 5.74) is 0.706. The minimum absolute atomic E-state index is 0.0495. The van der Waals surface area contributed by atoms with Crippen LogP contribution in [0.3, 0.4) is 0 Å². The number of hydrogen-bond acceptors (Lipinski definition) is 2. The molecule has 0 bridgehead atoms. The summed E-state index contributed by atoms with van der Waals surface area (Å²) in [5.74, 6) is 2.41. The molecule has 0 aliphatic heterocycles. The fraction of sp³-hybridized carbons (Fsp3) is 0.222. The number of rotatable bonds is 3. The van der Waals surface area contributed by atoms with Gasteiger partial charge in [-0.25, -0.2) is 0 Å². The average Bonchev–Trinajstić information content (AvgIpc) is 2.56. The second kappa shape index (κ2) is 4.58. The summed E-state index contributed by atoms with van der Waals surface area (Å²) in [6.45, 7) is 0.547. The Bertz CT molecular complexity index is 284. The third kappa shape index (κ3) is 2.40. The number of amides is 1. The summed E-state index contributed by atoms with van der Waals surface area (Å²) in [7, 11) is 0. The maximum absolute atomic E-state index is 11.2. The molecular formula is C9H9NOS. The van der Waals surface area contributed by atoms with Crippen LogP contribution >= 0.6 is 11.3 Å². The first kappa shape index (κ1) is 8.82. The van der Waals surface area contributed by atoms with Gasteiger partial charge < -0.3 is 5.32 Å². The molecule has 0 aromatic carbocycles. The van der Waals surface area contributed by atoms with Crippen molar-refractivity contribution in [1.82, 2.24) is 5.32 Å². The van der Waals surface area contributed by atoms with Crippen molar-refractivity contribution in [3.8, 4) is 12.3 Å². The van der Waals surface area contributed by atoms with Crippen molar-refractivity contribution in [2.45, 2.75) is 6.42 Å². The van der Waals surface area contributed by atoms with E-state index in [-0.39, 0.29) is 5.91 Å². The Morgan fingerprint density at radius 1 is 1.75 bits per heavy atom. The molecule has 1 aromatic heterocycles. The molecule has 1 N–H and O–H groups in total. The molecule has 0 aliphatic carbocycles. The third-order valence-electron chi connectivity index (χ3n) is 1.34. The van der Waals surface area contributed by atoms with Crippen LogP contribution in [0.25, 0.3) is 0 Å². The van der Waals surface area contributed by atoms with E-state index in [2.05, 4.69) is 11.2 Å². The fourth-order valence-electron chi connectivity index (χ4n) is 0.744. The van der Waals surface area contributed by atoms with Gasteiger partial charge in [0.2, 0.25) is 0 Å². The lowest BCUT2D eigenvalue weighted by Gasteiger charge is -1.98. The predicted octanol–water partition coefficient (Wildman–Crippen LogP) is 1.50. The molecular weight excluding hydrogens is 170 g/mol. The Morgan fingerprint density at radius 3 is 3.17 bits per heavy atom. The van der Waals surface area contributed by atoms with Gasteiger partial charge in [-0.05, 0) is 11.4 Å². The Balaban J connectivity index is 2.36. The Labute approximate surface area is 75.6 Å². The Hall–Kier alpha value is -1.27. The molecule has 1 aromatic rings. The Kier molecular flexibility index (Phi) is 3.36. The van der Waals surface area contributed by atoms with Crippen molar-refractivity contribution in [3.63, 3.8) is 0 Å². The second-order valence-corrected chi connectivity index (χ2v) is 3.00. The largest absolute Gasteiger partial charge is 0.351 e. The maximum Gasteiger partial charge on any atom is 0.252 e. The zero-order chi connectivity index (χ0) is 8.81. The number of nitrogens with one attached hydrogen (secondary N) is 1. The van der Waals surface area contributed by atoms with Crippen molar-refractivity contribution < 1.29 is 4.79 Å². The molecule has 3 heteroatoms. The molecule has 62 valence electrons. The molecule has 0 radical (unpaired) electrons. The van der Waals surface area contributed by atoms with E-state index in [0.717, 1.165) is 0 Å². The van der Waals surface area contributed by atoms with E-state index in [0.29, 0.717) is 18.5 Å². The highest BCUT2D eigenvalue weighted by molar-refractivity contribution is 7.08. The van der Waals surface area contributed by atoms with Gasteiger partial charge in [-0.2, -0.15) is 11.3 Å². The summed E-state index contributed by atoms with van der Waals surface area (Å²) in [5, 5.41) is 6.39.